The Morgan fingerprint density at radius 1 is 1.14 bits per heavy atom. The van der Waals surface area contributed by atoms with Crippen molar-refractivity contribution in [1.29, 1.82) is 0 Å². The van der Waals surface area contributed by atoms with Crippen LogP contribution in [0.5, 0.6) is 5.75 Å². The normalized spacial score (nSPS) is 11.8. The van der Waals surface area contributed by atoms with Crippen molar-refractivity contribution >= 4 is 22.8 Å². The predicted molar refractivity (Wildman–Crippen MR) is 112 cm³/mol. The number of phenols is 1. The fraction of sp³-hybridized carbons (Fsp3) is 0.261. The number of fused-ring (bicyclic) bond motifs is 1. The van der Waals surface area contributed by atoms with E-state index >= 15 is 0 Å². The third-order valence-corrected chi connectivity index (χ3v) is 4.56. The van der Waals surface area contributed by atoms with Gasteiger partial charge in [-0.25, -0.2) is 9.78 Å². The number of rotatable bonds is 7. The monoisotopic (exact) mass is 392 g/mol. The highest BCUT2D eigenvalue weighted by Crippen LogP contribution is 2.26. The molecule has 150 valence electrons. The molecule has 2 N–H and O–H groups in total. The average molecular weight is 392 g/mol. The Bertz CT molecular complexity index is 1020. The Labute approximate surface area is 169 Å². The number of phenolic OH excluding ortho intramolecular Hbond substituents is 1. The maximum Gasteiger partial charge on any atom is 0.339 e. The third-order valence-electron chi connectivity index (χ3n) is 4.56. The molecule has 3 rings (SSSR count). The van der Waals surface area contributed by atoms with Crippen molar-refractivity contribution in [1.82, 2.24) is 10.3 Å². The fourth-order valence-corrected chi connectivity index (χ4v) is 3.15. The Hall–Kier alpha value is -3.41. The summed E-state index contributed by atoms with van der Waals surface area (Å²) < 4.78 is 5.27. The highest BCUT2D eigenvalue weighted by atomic mass is 16.5. The van der Waals surface area contributed by atoms with Crippen molar-refractivity contribution in [2.45, 2.75) is 32.7 Å². The molecule has 0 aliphatic rings. The summed E-state index contributed by atoms with van der Waals surface area (Å²) in [7, 11) is 0. The molecular formula is C23H24N2O4. The molecule has 1 aromatic heterocycles. The van der Waals surface area contributed by atoms with Crippen LogP contribution < -0.4 is 5.32 Å². The highest BCUT2D eigenvalue weighted by molar-refractivity contribution is 6.05. The Kier molecular flexibility index (Phi) is 6.44. The number of ether oxygens (including phenoxy) is 1. The van der Waals surface area contributed by atoms with Crippen LogP contribution >= 0.6 is 0 Å². The molecule has 0 spiro atoms. The van der Waals surface area contributed by atoms with Crippen LogP contribution in [0.15, 0.2) is 54.6 Å². The van der Waals surface area contributed by atoms with E-state index in [2.05, 4.69) is 10.3 Å². The topological polar surface area (TPSA) is 88.5 Å². The summed E-state index contributed by atoms with van der Waals surface area (Å²) in [5.41, 5.74) is 2.32. The molecule has 0 aliphatic carbocycles. The standard InChI is InChI=1S/C23H24N2O4/c1-3-6-15(2)24-22(27)14-29-23(28)19-13-21(16-9-11-17(26)12-10-16)25-20-8-5-4-7-18(19)20/h4-5,7-13,15,26H,3,6,14H2,1-2H3,(H,24,27)/t15-/m1/s1. The Balaban J connectivity index is 1.84. The van der Waals surface area contributed by atoms with Crippen LogP contribution in [0.1, 0.15) is 37.0 Å². The van der Waals surface area contributed by atoms with E-state index in [1.165, 1.54) is 0 Å². The zero-order valence-electron chi connectivity index (χ0n) is 16.5. The summed E-state index contributed by atoms with van der Waals surface area (Å²) in [4.78, 5) is 29.4. The van der Waals surface area contributed by atoms with Crippen LogP contribution in [0.4, 0.5) is 0 Å². The first-order valence-corrected chi connectivity index (χ1v) is 9.63. The van der Waals surface area contributed by atoms with E-state index in [4.69, 9.17) is 4.74 Å². The van der Waals surface area contributed by atoms with Gasteiger partial charge in [0, 0.05) is 17.0 Å². The number of hydrogen-bond acceptors (Lipinski definition) is 5. The number of nitrogens with one attached hydrogen (secondary N) is 1. The van der Waals surface area contributed by atoms with Gasteiger partial charge in [0.25, 0.3) is 5.91 Å². The molecule has 1 amide bonds. The van der Waals surface area contributed by atoms with E-state index in [1.807, 2.05) is 32.0 Å². The molecule has 6 heteroatoms. The molecule has 0 saturated carbocycles. The molecule has 0 bridgehead atoms. The number of nitrogens with zero attached hydrogens (tertiary/aromatic N) is 1. The van der Waals surface area contributed by atoms with Gasteiger partial charge in [0.2, 0.25) is 0 Å². The summed E-state index contributed by atoms with van der Waals surface area (Å²) in [6.07, 6.45) is 1.83. The summed E-state index contributed by atoms with van der Waals surface area (Å²) in [5, 5.41) is 13.0. The minimum atomic E-state index is -0.582. The van der Waals surface area contributed by atoms with Gasteiger partial charge < -0.3 is 15.2 Å². The number of benzene rings is 2. The van der Waals surface area contributed by atoms with Crippen LogP contribution in [0.25, 0.3) is 22.2 Å². The second kappa shape index (κ2) is 9.19. The number of para-hydroxylation sites is 1. The van der Waals surface area contributed by atoms with Crippen LogP contribution in [-0.4, -0.2) is 34.6 Å². The SMILES string of the molecule is CCC[C@@H](C)NC(=O)COC(=O)c1cc(-c2ccc(O)cc2)nc2ccccc12. The van der Waals surface area contributed by atoms with Crippen molar-refractivity contribution in [3.05, 3.63) is 60.2 Å². The van der Waals surface area contributed by atoms with E-state index in [0.717, 1.165) is 18.4 Å². The molecule has 2 aromatic carbocycles. The lowest BCUT2D eigenvalue weighted by atomic mass is 10.0. The van der Waals surface area contributed by atoms with Gasteiger partial charge in [0.15, 0.2) is 6.61 Å². The first kappa shape index (κ1) is 20.3. The Morgan fingerprint density at radius 2 is 1.86 bits per heavy atom. The minimum Gasteiger partial charge on any atom is -0.508 e. The van der Waals surface area contributed by atoms with Gasteiger partial charge in [-0.05, 0) is 49.7 Å². The van der Waals surface area contributed by atoms with Gasteiger partial charge in [0.1, 0.15) is 5.75 Å². The second-order valence-corrected chi connectivity index (χ2v) is 6.95. The van der Waals surface area contributed by atoms with Gasteiger partial charge in [-0.15, -0.1) is 0 Å². The quantitative estimate of drug-likeness (QED) is 0.592. The molecule has 29 heavy (non-hydrogen) atoms. The van der Waals surface area contributed by atoms with Crippen LogP contribution in [0.2, 0.25) is 0 Å². The number of aromatic nitrogens is 1. The molecule has 0 radical (unpaired) electrons. The van der Waals surface area contributed by atoms with E-state index in [-0.39, 0.29) is 24.3 Å². The van der Waals surface area contributed by atoms with E-state index in [0.29, 0.717) is 22.2 Å². The second-order valence-electron chi connectivity index (χ2n) is 6.95. The summed E-state index contributed by atoms with van der Waals surface area (Å²) in [5.74, 6) is -0.754. The molecule has 3 aromatic rings. The molecule has 0 fully saturated rings. The largest absolute Gasteiger partial charge is 0.508 e. The zero-order valence-corrected chi connectivity index (χ0v) is 16.5. The molecule has 0 unspecified atom stereocenters. The van der Waals surface area contributed by atoms with E-state index in [9.17, 15) is 14.7 Å². The van der Waals surface area contributed by atoms with Crippen molar-refractivity contribution in [3.8, 4) is 17.0 Å². The minimum absolute atomic E-state index is 0.0362. The maximum absolute atomic E-state index is 12.7. The van der Waals surface area contributed by atoms with E-state index in [1.54, 1.807) is 36.4 Å². The van der Waals surface area contributed by atoms with Gasteiger partial charge in [-0.3, -0.25) is 4.79 Å². The van der Waals surface area contributed by atoms with Gasteiger partial charge >= 0.3 is 5.97 Å². The molecule has 0 saturated heterocycles. The van der Waals surface area contributed by atoms with Crippen LogP contribution in [0, 0.1) is 0 Å². The zero-order chi connectivity index (χ0) is 20.8. The lowest BCUT2D eigenvalue weighted by Crippen LogP contribution is -2.35. The lowest BCUT2D eigenvalue weighted by molar-refractivity contribution is -0.124. The fourth-order valence-electron chi connectivity index (χ4n) is 3.15. The molecule has 1 heterocycles. The number of hydrogen-bond donors (Lipinski definition) is 2. The van der Waals surface area contributed by atoms with Crippen molar-refractivity contribution < 1.29 is 19.4 Å². The molecule has 6 nitrogen and oxygen atoms in total. The first-order valence-electron chi connectivity index (χ1n) is 9.63. The van der Waals surface area contributed by atoms with Crippen molar-refractivity contribution in [2.75, 3.05) is 6.61 Å². The van der Waals surface area contributed by atoms with Crippen LogP contribution in [-0.2, 0) is 9.53 Å². The molecule has 0 aliphatic heterocycles. The van der Waals surface area contributed by atoms with Crippen LogP contribution in [0.3, 0.4) is 0 Å². The average Bonchev–Trinajstić information content (AvgIpc) is 2.72. The van der Waals surface area contributed by atoms with Gasteiger partial charge in [0.05, 0.1) is 16.8 Å². The van der Waals surface area contributed by atoms with Crippen molar-refractivity contribution in [3.63, 3.8) is 0 Å². The predicted octanol–water partition coefficient (Wildman–Crippen LogP) is 4.07. The third kappa shape index (κ3) is 5.10. The number of aromatic hydroxyl groups is 1. The Morgan fingerprint density at radius 3 is 2.59 bits per heavy atom. The number of esters is 1. The summed E-state index contributed by atoms with van der Waals surface area (Å²) >= 11 is 0. The van der Waals surface area contributed by atoms with Gasteiger partial charge in [-0.2, -0.15) is 0 Å². The highest BCUT2D eigenvalue weighted by Gasteiger charge is 2.17. The first-order chi connectivity index (χ1) is 14.0. The van der Waals surface area contributed by atoms with Crippen molar-refractivity contribution in [2.24, 2.45) is 0 Å². The number of amides is 1. The molecule has 1 atom stereocenters. The summed E-state index contributed by atoms with van der Waals surface area (Å²) in [6.45, 7) is 3.63. The molecular weight excluding hydrogens is 368 g/mol. The van der Waals surface area contributed by atoms with E-state index < -0.39 is 5.97 Å². The number of pyridine rings is 1. The maximum atomic E-state index is 12.7. The van der Waals surface area contributed by atoms with Gasteiger partial charge in [-0.1, -0.05) is 31.5 Å². The summed E-state index contributed by atoms with van der Waals surface area (Å²) in [6, 6.07) is 15.5. The number of carbonyl (C=O) groups is 2. The smallest absolute Gasteiger partial charge is 0.339 e. The lowest BCUT2D eigenvalue weighted by Gasteiger charge is -2.13. The number of carbonyl (C=O) groups excluding carboxylic acids is 2.